The first-order valence-electron chi connectivity index (χ1n) is 6.12. The number of para-hydroxylation sites is 1. The van der Waals surface area contributed by atoms with Crippen molar-refractivity contribution in [3.05, 3.63) is 42.6 Å². The molecule has 0 aliphatic carbocycles. The molecule has 1 aromatic rings. The molecule has 4 heteroatoms. The number of halogens is 1. The number of rotatable bonds is 6. The van der Waals surface area contributed by atoms with E-state index in [1.807, 2.05) is 11.8 Å². The van der Waals surface area contributed by atoms with Gasteiger partial charge in [-0.3, -0.25) is 4.90 Å². The predicted molar refractivity (Wildman–Crippen MR) is 77.4 cm³/mol. The molecular weight excluding hydrogens is 245 g/mol. The Balaban J connectivity index is 2.61. The summed E-state index contributed by atoms with van der Waals surface area (Å²) in [5.74, 6) is 0. The van der Waals surface area contributed by atoms with E-state index in [0.717, 1.165) is 12.5 Å². The van der Waals surface area contributed by atoms with Crippen LogP contribution in [0.15, 0.2) is 42.6 Å². The average Bonchev–Trinajstić information content (AvgIpc) is 2.35. The van der Waals surface area contributed by atoms with Crippen molar-refractivity contribution in [1.29, 1.82) is 0 Å². The average molecular weight is 265 g/mol. The SMILES string of the molecule is C=C[Si](C)(C)CCCN(C(=O)F)c1ccccc1. The maximum absolute atomic E-state index is 13.0. The lowest BCUT2D eigenvalue weighted by atomic mass is 10.3. The van der Waals surface area contributed by atoms with E-state index in [2.05, 4.69) is 19.7 Å². The normalized spacial score (nSPS) is 11.1. The molecule has 2 nitrogen and oxygen atoms in total. The molecule has 0 saturated carbocycles. The van der Waals surface area contributed by atoms with Crippen LogP contribution in [0.4, 0.5) is 14.9 Å². The Kier molecular flexibility index (Phi) is 5.28. The highest BCUT2D eigenvalue weighted by atomic mass is 28.3. The van der Waals surface area contributed by atoms with Crippen LogP contribution in [0.2, 0.25) is 19.1 Å². The summed E-state index contributed by atoms with van der Waals surface area (Å²) in [7, 11) is -1.38. The van der Waals surface area contributed by atoms with Gasteiger partial charge in [0.2, 0.25) is 0 Å². The number of hydrogen-bond acceptors (Lipinski definition) is 1. The highest BCUT2D eigenvalue weighted by Crippen LogP contribution is 2.18. The Hall–Kier alpha value is -1.42. The molecule has 98 valence electrons. The quantitative estimate of drug-likeness (QED) is 0.424. The standard InChI is InChI=1S/C14H20FNOSi/c1-4-18(2,3)12-8-11-16(14(15)17)13-9-6-5-7-10-13/h4-7,9-10H,1,8,11-12H2,2-3H3. The molecule has 18 heavy (non-hydrogen) atoms. The molecule has 0 saturated heterocycles. The van der Waals surface area contributed by atoms with Gasteiger partial charge in [-0.1, -0.05) is 37.3 Å². The predicted octanol–water partition coefficient (Wildman–Crippen LogP) is 4.41. The summed E-state index contributed by atoms with van der Waals surface area (Å²) in [5, 5.41) is 0. The van der Waals surface area contributed by atoms with Crippen molar-refractivity contribution in [1.82, 2.24) is 0 Å². The second-order valence-corrected chi connectivity index (χ2v) is 9.92. The van der Waals surface area contributed by atoms with Gasteiger partial charge >= 0.3 is 6.16 Å². The smallest absolute Gasteiger partial charge is 0.284 e. The maximum Gasteiger partial charge on any atom is 0.404 e. The Morgan fingerprint density at radius 1 is 1.39 bits per heavy atom. The number of amides is 1. The van der Waals surface area contributed by atoms with E-state index in [0.29, 0.717) is 12.2 Å². The number of carbonyl (C=O) groups is 1. The van der Waals surface area contributed by atoms with E-state index < -0.39 is 14.2 Å². The van der Waals surface area contributed by atoms with Crippen LogP contribution < -0.4 is 4.90 Å². The third-order valence-electron chi connectivity index (χ3n) is 3.04. The zero-order valence-corrected chi connectivity index (χ0v) is 12.0. The number of benzene rings is 1. The van der Waals surface area contributed by atoms with Crippen LogP contribution in [0.25, 0.3) is 0 Å². The fraction of sp³-hybridized carbons (Fsp3) is 0.357. The lowest BCUT2D eigenvalue weighted by Gasteiger charge is -2.22. The fourth-order valence-corrected chi connectivity index (χ4v) is 2.99. The van der Waals surface area contributed by atoms with E-state index in [1.165, 1.54) is 4.90 Å². The van der Waals surface area contributed by atoms with Gasteiger partial charge in [-0.25, -0.2) is 4.79 Å². The molecule has 0 aromatic heterocycles. The van der Waals surface area contributed by atoms with E-state index in [4.69, 9.17) is 0 Å². The monoisotopic (exact) mass is 265 g/mol. The van der Waals surface area contributed by atoms with Crippen LogP contribution >= 0.6 is 0 Å². The third-order valence-corrected chi connectivity index (χ3v) is 5.78. The Labute approximate surface area is 109 Å². The van der Waals surface area contributed by atoms with Gasteiger partial charge in [0.05, 0.1) is 8.07 Å². The molecule has 0 aliphatic heterocycles. The molecule has 0 radical (unpaired) electrons. The molecule has 1 amide bonds. The molecule has 0 atom stereocenters. The van der Waals surface area contributed by atoms with Crippen LogP contribution in [0.1, 0.15) is 6.42 Å². The van der Waals surface area contributed by atoms with Crippen LogP contribution in [-0.2, 0) is 0 Å². The molecule has 0 fully saturated rings. The minimum absolute atomic E-state index is 0.420. The van der Waals surface area contributed by atoms with Crippen molar-refractivity contribution in [3.8, 4) is 0 Å². The van der Waals surface area contributed by atoms with Crippen LogP contribution in [0.3, 0.4) is 0 Å². The number of nitrogens with zero attached hydrogens (tertiary/aromatic N) is 1. The first-order valence-corrected chi connectivity index (χ1v) is 9.40. The van der Waals surface area contributed by atoms with Crippen molar-refractivity contribution in [3.63, 3.8) is 0 Å². The molecule has 0 bridgehead atoms. The van der Waals surface area contributed by atoms with E-state index >= 15 is 0 Å². The summed E-state index contributed by atoms with van der Waals surface area (Å²) < 4.78 is 13.0. The Bertz CT molecular complexity index is 406. The topological polar surface area (TPSA) is 20.3 Å². The van der Waals surface area contributed by atoms with Crippen molar-refractivity contribution in [2.75, 3.05) is 11.4 Å². The van der Waals surface area contributed by atoms with Crippen molar-refractivity contribution in [2.45, 2.75) is 25.6 Å². The second-order valence-electron chi connectivity index (χ2n) is 5.04. The van der Waals surface area contributed by atoms with Crippen LogP contribution in [-0.4, -0.2) is 20.8 Å². The van der Waals surface area contributed by atoms with Crippen LogP contribution in [0, 0.1) is 0 Å². The third kappa shape index (κ3) is 4.45. The summed E-state index contributed by atoms with van der Waals surface area (Å²) in [4.78, 5) is 12.2. The lowest BCUT2D eigenvalue weighted by molar-refractivity contribution is 0.228. The van der Waals surface area contributed by atoms with Gasteiger partial charge in [-0.05, 0) is 18.6 Å². The summed E-state index contributed by atoms with van der Waals surface area (Å²) >= 11 is 0. The van der Waals surface area contributed by atoms with Crippen LogP contribution in [0.5, 0.6) is 0 Å². The zero-order valence-electron chi connectivity index (χ0n) is 11.0. The Morgan fingerprint density at radius 3 is 2.50 bits per heavy atom. The van der Waals surface area contributed by atoms with E-state index in [-0.39, 0.29) is 0 Å². The molecule has 0 N–H and O–H groups in total. The highest BCUT2D eigenvalue weighted by Gasteiger charge is 2.18. The molecule has 1 aromatic carbocycles. The summed E-state index contributed by atoms with van der Waals surface area (Å²) in [6.07, 6.45) is -0.588. The molecular formula is C14H20FNOSi. The summed E-state index contributed by atoms with van der Waals surface area (Å²) in [6.45, 7) is 8.68. The molecule has 0 aliphatic rings. The second kappa shape index (κ2) is 6.49. The molecule has 0 unspecified atom stereocenters. The number of anilines is 1. The van der Waals surface area contributed by atoms with E-state index in [9.17, 15) is 9.18 Å². The van der Waals surface area contributed by atoms with Gasteiger partial charge in [0, 0.05) is 12.2 Å². The zero-order chi connectivity index (χ0) is 13.6. The highest BCUT2D eigenvalue weighted by molar-refractivity contribution is 6.82. The van der Waals surface area contributed by atoms with Gasteiger partial charge in [0.25, 0.3) is 0 Å². The molecule has 0 heterocycles. The summed E-state index contributed by atoms with van der Waals surface area (Å²) in [5.41, 5.74) is 2.64. The van der Waals surface area contributed by atoms with E-state index in [1.54, 1.807) is 24.3 Å². The largest absolute Gasteiger partial charge is 0.404 e. The van der Waals surface area contributed by atoms with Gasteiger partial charge in [0.1, 0.15) is 0 Å². The fourth-order valence-electron chi connectivity index (χ4n) is 1.72. The van der Waals surface area contributed by atoms with Crippen molar-refractivity contribution < 1.29 is 9.18 Å². The Morgan fingerprint density at radius 2 is 2.00 bits per heavy atom. The molecule has 0 spiro atoms. The number of hydrogen-bond donors (Lipinski definition) is 0. The first kappa shape index (κ1) is 14.6. The van der Waals surface area contributed by atoms with Gasteiger partial charge in [-0.15, -0.1) is 16.7 Å². The minimum atomic E-state index is -1.39. The number of carbonyl (C=O) groups excluding carboxylic acids is 1. The minimum Gasteiger partial charge on any atom is -0.284 e. The van der Waals surface area contributed by atoms with Crippen molar-refractivity contribution in [2.24, 2.45) is 0 Å². The maximum atomic E-state index is 13.0. The van der Waals surface area contributed by atoms with Gasteiger partial charge in [0.15, 0.2) is 0 Å². The van der Waals surface area contributed by atoms with Gasteiger partial charge < -0.3 is 0 Å². The first-order chi connectivity index (χ1) is 8.46. The lowest BCUT2D eigenvalue weighted by Crippen LogP contribution is -2.30. The molecule has 1 rings (SSSR count). The summed E-state index contributed by atoms with van der Waals surface area (Å²) in [6, 6.07) is 9.94. The van der Waals surface area contributed by atoms with Gasteiger partial charge in [-0.2, -0.15) is 0 Å². The van der Waals surface area contributed by atoms with Crippen molar-refractivity contribution >= 4 is 19.9 Å².